The highest BCUT2D eigenvalue weighted by Gasteiger charge is 2.34. The lowest BCUT2D eigenvalue weighted by molar-refractivity contribution is -0.141. The number of nitrogens with zero attached hydrogens (tertiary/aromatic N) is 2. The number of methoxy groups -OCH3 is 2. The molecule has 2 aromatic rings. The summed E-state index contributed by atoms with van der Waals surface area (Å²) < 4.78 is 10.8. The number of aryl methyl sites for hydroxylation is 1. The highest BCUT2D eigenvalue weighted by molar-refractivity contribution is 6.03. The molecule has 7 heteroatoms. The lowest BCUT2D eigenvalue weighted by atomic mass is 9.97. The van der Waals surface area contributed by atoms with Crippen LogP contribution in [0.25, 0.3) is 0 Å². The van der Waals surface area contributed by atoms with Gasteiger partial charge in [-0.1, -0.05) is 29.8 Å². The van der Waals surface area contributed by atoms with Gasteiger partial charge in [0.1, 0.15) is 11.5 Å². The van der Waals surface area contributed by atoms with Crippen molar-refractivity contribution < 1.29 is 24.2 Å². The van der Waals surface area contributed by atoms with E-state index in [9.17, 15) is 9.59 Å². The first-order chi connectivity index (χ1) is 13.9. The second-order valence-corrected chi connectivity index (χ2v) is 6.87. The predicted octanol–water partition coefficient (Wildman–Crippen LogP) is 3.55. The molecule has 1 aliphatic heterocycles. The fourth-order valence-electron chi connectivity index (χ4n) is 3.33. The Balaban J connectivity index is 1.97. The molecule has 152 valence electrons. The Hall–Kier alpha value is -3.35. The third-order valence-corrected chi connectivity index (χ3v) is 4.90. The Kier molecular flexibility index (Phi) is 6.16. The number of carbonyl (C=O) groups excluding carboxylic acids is 1. The fourth-order valence-corrected chi connectivity index (χ4v) is 3.33. The molecule has 3 rings (SSSR count). The topological polar surface area (TPSA) is 88.4 Å². The Morgan fingerprint density at radius 1 is 1.10 bits per heavy atom. The monoisotopic (exact) mass is 396 g/mol. The van der Waals surface area contributed by atoms with E-state index in [1.54, 1.807) is 20.3 Å². The molecule has 0 saturated heterocycles. The van der Waals surface area contributed by atoms with Crippen molar-refractivity contribution in [1.29, 1.82) is 0 Å². The van der Waals surface area contributed by atoms with Crippen LogP contribution in [0, 0.1) is 6.92 Å². The maximum absolute atomic E-state index is 12.8. The van der Waals surface area contributed by atoms with Crippen LogP contribution in [0.2, 0.25) is 0 Å². The van der Waals surface area contributed by atoms with Gasteiger partial charge in [-0.25, -0.2) is 5.01 Å². The summed E-state index contributed by atoms with van der Waals surface area (Å²) >= 11 is 0. The molecule has 0 spiro atoms. The summed E-state index contributed by atoms with van der Waals surface area (Å²) in [6, 6.07) is 13.0. The number of carboxylic acids is 1. The van der Waals surface area contributed by atoms with Gasteiger partial charge in [0.15, 0.2) is 0 Å². The summed E-state index contributed by atoms with van der Waals surface area (Å²) in [5.74, 6) is -0.117. The maximum atomic E-state index is 12.8. The second kappa shape index (κ2) is 8.77. The first-order valence-electron chi connectivity index (χ1n) is 9.33. The van der Waals surface area contributed by atoms with Gasteiger partial charge < -0.3 is 14.6 Å². The van der Waals surface area contributed by atoms with Crippen molar-refractivity contribution in [3.05, 3.63) is 59.2 Å². The Bertz CT molecular complexity index is 937. The summed E-state index contributed by atoms with van der Waals surface area (Å²) in [7, 11) is 3.13. The molecule has 1 unspecified atom stereocenters. The Morgan fingerprint density at radius 2 is 1.83 bits per heavy atom. The van der Waals surface area contributed by atoms with E-state index in [-0.39, 0.29) is 24.8 Å². The molecule has 0 radical (unpaired) electrons. The van der Waals surface area contributed by atoms with E-state index in [1.807, 2.05) is 43.3 Å². The average Bonchev–Trinajstić information content (AvgIpc) is 3.17. The van der Waals surface area contributed by atoms with Gasteiger partial charge in [0.2, 0.25) is 5.91 Å². The highest BCUT2D eigenvalue weighted by Crippen LogP contribution is 2.39. The number of carbonyl (C=O) groups is 2. The molecule has 7 nitrogen and oxygen atoms in total. The quantitative estimate of drug-likeness (QED) is 0.773. The summed E-state index contributed by atoms with van der Waals surface area (Å²) in [4.78, 5) is 23.7. The molecule has 0 aromatic heterocycles. The molecule has 1 aliphatic rings. The first kappa shape index (κ1) is 20.4. The predicted molar refractivity (Wildman–Crippen MR) is 108 cm³/mol. The van der Waals surface area contributed by atoms with Crippen molar-refractivity contribution in [2.75, 3.05) is 14.2 Å². The zero-order valence-electron chi connectivity index (χ0n) is 16.7. The zero-order chi connectivity index (χ0) is 21.0. The van der Waals surface area contributed by atoms with Crippen molar-refractivity contribution in [2.45, 2.75) is 32.2 Å². The fraction of sp³-hybridized carbons (Fsp3) is 0.318. The van der Waals surface area contributed by atoms with Gasteiger partial charge in [-0.3, -0.25) is 9.59 Å². The number of aliphatic carboxylic acids is 1. The third kappa shape index (κ3) is 4.56. The molecule has 1 atom stereocenters. The third-order valence-electron chi connectivity index (χ3n) is 4.90. The number of hydrogen-bond acceptors (Lipinski definition) is 5. The van der Waals surface area contributed by atoms with Crippen molar-refractivity contribution in [1.82, 2.24) is 5.01 Å². The van der Waals surface area contributed by atoms with E-state index in [2.05, 4.69) is 5.10 Å². The molecule has 0 aliphatic carbocycles. The number of hydrogen-bond donors (Lipinski definition) is 1. The van der Waals surface area contributed by atoms with Crippen LogP contribution in [0.4, 0.5) is 0 Å². The standard InChI is InChI=1S/C22H24N2O5/c1-14-4-6-15(7-5-14)18-13-19(24(23-18)21(25)10-11-22(26)27)17-9-8-16(28-2)12-20(17)29-3/h4-9,12,19H,10-11,13H2,1-3H3,(H,26,27). The van der Waals surface area contributed by atoms with Crippen molar-refractivity contribution in [3.8, 4) is 11.5 Å². The molecule has 29 heavy (non-hydrogen) atoms. The number of carboxylic acid groups (broad SMARTS) is 1. The van der Waals surface area contributed by atoms with Crippen LogP contribution in [0.5, 0.6) is 11.5 Å². The average molecular weight is 396 g/mol. The summed E-state index contributed by atoms with van der Waals surface area (Å²) in [5, 5.41) is 14.9. The maximum Gasteiger partial charge on any atom is 0.303 e. The molecule has 1 heterocycles. The Morgan fingerprint density at radius 3 is 2.45 bits per heavy atom. The van der Waals surface area contributed by atoms with Gasteiger partial charge in [-0.2, -0.15) is 5.10 Å². The number of rotatable bonds is 7. The largest absolute Gasteiger partial charge is 0.497 e. The van der Waals surface area contributed by atoms with Crippen molar-refractivity contribution in [3.63, 3.8) is 0 Å². The molecule has 1 N–H and O–H groups in total. The first-order valence-corrected chi connectivity index (χ1v) is 9.33. The molecular weight excluding hydrogens is 372 g/mol. The van der Waals surface area contributed by atoms with E-state index in [1.165, 1.54) is 5.01 Å². The number of ether oxygens (including phenoxy) is 2. The van der Waals surface area contributed by atoms with E-state index >= 15 is 0 Å². The minimum atomic E-state index is -1.01. The number of amides is 1. The van der Waals surface area contributed by atoms with Crippen molar-refractivity contribution >= 4 is 17.6 Å². The van der Waals surface area contributed by atoms with Crippen LogP contribution in [-0.2, 0) is 9.59 Å². The van der Waals surface area contributed by atoms with Crippen LogP contribution in [0.3, 0.4) is 0 Å². The van der Waals surface area contributed by atoms with E-state index < -0.39 is 5.97 Å². The van der Waals surface area contributed by atoms with Gasteiger partial charge in [0.05, 0.1) is 32.4 Å². The van der Waals surface area contributed by atoms with Crippen LogP contribution >= 0.6 is 0 Å². The van der Waals surface area contributed by atoms with Gasteiger partial charge >= 0.3 is 5.97 Å². The van der Waals surface area contributed by atoms with Crippen LogP contribution in [0.15, 0.2) is 47.6 Å². The lowest BCUT2D eigenvalue weighted by Crippen LogP contribution is -2.27. The SMILES string of the molecule is COc1ccc(C2CC(c3ccc(C)cc3)=NN2C(=O)CCC(=O)O)c(OC)c1. The number of hydrazone groups is 1. The van der Waals surface area contributed by atoms with E-state index in [0.29, 0.717) is 17.9 Å². The summed E-state index contributed by atoms with van der Waals surface area (Å²) in [6.45, 7) is 2.01. The highest BCUT2D eigenvalue weighted by atomic mass is 16.5. The minimum Gasteiger partial charge on any atom is -0.497 e. The summed E-state index contributed by atoms with van der Waals surface area (Å²) in [5.41, 5.74) is 3.64. The Labute approximate surface area is 169 Å². The molecule has 0 bridgehead atoms. The zero-order valence-corrected chi connectivity index (χ0v) is 16.7. The van der Waals surface area contributed by atoms with Gasteiger partial charge in [-0.15, -0.1) is 0 Å². The smallest absolute Gasteiger partial charge is 0.303 e. The van der Waals surface area contributed by atoms with Gasteiger partial charge in [-0.05, 0) is 24.6 Å². The molecule has 2 aromatic carbocycles. The van der Waals surface area contributed by atoms with Crippen LogP contribution in [0.1, 0.15) is 42.0 Å². The number of benzene rings is 2. The second-order valence-electron chi connectivity index (χ2n) is 6.87. The van der Waals surface area contributed by atoms with Crippen LogP contribution in [-0.4, -0.2) is 41.9 Å². The van der Waals surface area contributed by atoms with Crippen LogP contribution < -0.4 is 9.47 Å². The normalized spacial score (nSPS) is 15.8. The minimum absolute atomic E-state index is 0.116. The van der Waals surface area contributed by atoms with E-state index in [0.717, 1.165) is 22.4 Å². The van der Waals surface area contributed by atoms with Gasteiger partial charge in [0.25, 0.3) is 0 Å². The summed E-state index contributed by atoms with van der Waals surface area (Å²) in [6.07, 6.45) is 0.150. The lowest BCUT2D eigenvalue weighted by Gasteiger charge is -2.23. The molecular formula is C22H24N2O5. The molecule has 0 saturated carbocycles. The molecule has 0 fully saturated rings. The van der Waals surface area contributed by atoms with Gasteiger partial charge in [0, 0.05) is 24.5 Å². The van der Waals surface area contributed by atoms with E-state index in [4.69, 9.17) is 14.6 Å². The van der Waals surface area contributed by atoms with Crippen molar-refractivity contribution in [2.24, 2.45) is 5.10 Å². The molecule has 1 amide bonds.